The number of anilines is 2. The van der Waals surface area contributed by atoms with E-state index in [2.05, 4.69) is 22.2 Å². The zero-order chi connectivity index (χ0) is 17.7. The molecule has 1 unspecified atom stereocenters. The van der Waals surface area contributed by atoms with E-state index in [1.54, 1.807) is 0 Å². The van der Waals surface area contributed by atoms with Gasteiger partial charge in [0.1, 0.15) is 11.9 Å². The highest BCUT2D eigenvalue weighted by atomic mass is 16.3. The molecule has 0 aliphatic rings. The fourth-order valence-corrected chi connectivity index (χ4v) is 2.58. The quantitative estimate of drug-likeness (QED) is 0.580. The number of benzene rings is 1. The van der Waals surface area contributed by atoms with Crippen LogP contribution in [0, 0.1) is 0 Å². The van der Waals surface area contributed by atoms with Gasteiger partial charge in [-0.1, -0.05) is 32.9 Å². The molecule has 1 aromatic carbocycles. The van der Waals surface area contributed by atoms with E-state index in [-0.39, 0.29) is 5.92 Å². The standard InChI is InChI=1S/C18H27N5O/c1-4-14-15(5-2)23-18(16(22-14)17(20)24)21-13-8-6-7-12(9-13)11(3)10-19/h6-9,11,17,24H,4-5,10,19-20H2,1-3H3,(H,21,23)/t11-,17?/m0/s1. The van der Waals surface area contributed by atoms with E-state index in [4.69, 9.17) is 11.5 Å². The third-order valence-corrected chi connectivity index (χ3v) is 4.10. The van der Waals surface area contributed by atoms with Gasteiger partial charge in [-0.25, -0.2) is 9.97 Å². The van der Waals surface area contributed by atoms with Crippen molar-refractivity contribution < 1.29 is 5.11 Å². The Morgan fingerprint density at radius 3 is 2.42 bits per heavy atom. The van der Waals surface area contributed by atoms with Crippen molar-refractivity contribution >= 4 is 11.5 Å². The molecule has 24 heavy (non-hydrogen) atoms. The molecule has 130 valence electrons. The monoisotopic (exact) mass is 329 g/mol. The van der Waals surface area contributed by atoms with Crippen LogP contribution in [0.5, 0.6) is 0 Å². The topological polar surface area (TPSA) is 110 Å². The summed E-state index contributed by atoms with van der Waals surface area (Å²) in [4.78, 5) is 9.15. The molecular formula is C18H27N5O. The minimum absolute atomic E-state index is 0.270. The minimum atomic E-state index is -1.18. The van der Waals surface area contributed by atoms with E-state index in [1.807, 2.05) is 38.1 Å². The Labute approximate surface area is 143 Å². The maximum absolute atomic E-state index is 9.87. The maximum Gasteiger partial charge on any atom is 0.156 e. The lowest BCUT2D eigenvalue weighted by Crippen LogP contribution is -2.17. The van der Waals surface area contributed by atoms with Gasteiger partial charge in [-0.15, -0.1) is 0 Å². The van der Waals surface area contributed by atoms with Gasteiger partial charge >= 0.3 is 0 Å². The number of rotatable bonds is 7. The van der Waals surface area contributed by atoms with Gasteiger partial charge in [-0.2, -0.15) is 0 Å². The number of aliphatic hydroxyl groups is 1. The molecule has 1 heterocycles. The highest BCUT2D eigenvalue weighted by molar-refractivity contribution is 5.60. The third-order valence-electron chi connectivity index (χ3n) is 4.10. The lowest BCUT2D eigenvalue weighted by atomic mass is 10.0. The molecule has 0 fully saturated rings. The van der Waals surface area contributed by atoms with E-state index in [1.165, 1.54) is 0 Å². The second-order valence-electron chi connectivity index (χ2n) is 5.89. The first kappa shape index (κ1) is 18.3. The van der Waals surface area contributed by atoms with Crippen molar-refractivity contribution in [3.8, 4) is 0 Å². The fraction of sp³-hybridized carbons (Fsp3) is 0.444. The van der Waals surface area contributed by atoms with Gasteiger partial charge in [0.2, 0.25) is 0 Å². The average Bonchev–Trinajstić information content (AvgIpc) is 2.60. The second-order valence-corrected chi connectivity index (χ2v) is 5.89. The van der Waals surface area contributed by atoms with Crippen molar-refractivity contribution in [2.45, 2.75) is 45.8 Å². The lowest BCUT2D eigenvalue weighted by Gasteiger charge is -2.17. The van der Waals surface area contributed by atoms with Crippen LogP contribution in [0.25, 0.3) is 0 Å². The van der Waals surface area contributed by atoms with Crippen molar-refractivity contribution in [3.05, 3.63) is 46.9 Å². The Kier molecular flexibility index (Phi) is 6.25. The Morgan fingerprint density at radius 2 is 1.83 bits per heavy atom. The van der Waals surface area contributed by atoms with Gasteiger partial charge in [0.15, 0.2) is 5.82 Å². The van der Waals surface area contributed by atoms with Crippen molar-refractivity contribution in [1.82, 2.24) is 9.97 Å². The molecule has 2 atom stereocenters. The molecule has 0 spiro atoms. The van der Waals surface area contributed by atoms with E-state index >= 15 is 0 Å². The summed E-state index contributed by atoms with van der Waals surface area (Å²) >= 11 is 0. The summed E-state index contributed by atoms with van der Waals surface area (Å²) in [5.74, 6) is 0.766. The van der Waals surface area contributed by atoms with Crippen molar-refractivity contribution in [2.75, 3.05) is 11.9 Å². The number of aryl methyl sites for hydroxylation is 2. The van der Waals surface area contributed by atoms with Gasteiger partial charge in [0.25, 0.3) is 0 Å². The average molecular weight is 329 g/mol. The fourth-order valence-electron chi connectivity index (χ4n) is 2.58. The summed E-state index contributed by atoms with van der Waals surface area (Å²) in [6.07, 6.45) is 0.345. The Hall–Kier alpha value is -2.02. The largest absolute Gasteiger partial charge is 0.373 e. The molecule has 6 nitrogen and oxygen atoms in total. The first-order chi connectivity index (χ1) is 11.5. The number of aromatic nitrogens is 2. The normalized spacial score (nSPS) is 13.6. The van der Waals surface area contributed by atoms with Crippen LogP contribution in [-0.2, 0) is 12.8 Å². The summed E-state index contributed by atoms with van der Waals surface area (Å²) in [5.41, 5.74) is 15.6. The predicted molar refractivity (Wildman–Crippen MR) is 97.1 cm³/mol. The zero-order valence-corrected chi connectivity index (χ0v) is 14.6. The van der Waals surface area contributed by atoms with E-state index in [9.17, 15) is 5.11 Å². The van der Waals surface area contributed by atoms with Crippen molar-refractivity contribution in [1.29, 1.82) is 0 Å². The summed E-state index contributed by atoms with van der Waals surface area (Å²) in [5, 5.41) is 13.1. The number of hydrogen-bond donors (Lipinski definition) is 4. The van der Waals surface area contributed by atoms with Gasteiger partial charge in [0.05, 0.1) is 11.4 Å². The van der Waals surface area contributed by atoms with Gasteiger partial charge in [-0.05, 0) is 43.0 Å². The smallest absolute Gasteiger partial charge is 0.156 e. The van der Waals surface area contributed by atoms with Crippen LogP contribution in [0.4, 0.5) is 11.5 Å². The van der Waals surface area contributed by atoms with Crippen LogP contribution in [0.15, 0.2) is 24.3 Å². The van der Waals surface area contributed by atoms with E-state index in [0.29, 0.717) is 18.1 Å². The second kappa shape index (κ2) is 8.19. The minimum Gasteiger partial charge on any atom is -0.373 e. The highest BCUT2D eigenvalue weighted by Gasteiger charge is 2.16. The molecule has 2 aromatic rings. The Balaban J connectivity index is 2.41. The molecule has 0 saturated carbocycles. The molecular weight excluding hydrogens is 302 g/mol. The molecule has 6 N–H and O–H groups in total. The van der Waals surface area contributed by atoms with Crippen LogP contribution >= 0.6 is 0 Å². The number of aliphatic hydroxyl groups excluding tert-OH is 1. The number of nitrogens with zero attached hydrogens (tertiary/aromatic N) is 2. The molecule has 0 aliphatic heterocycles. The molecule has 2 rings (SSSR count). The maximum atomic E-state index is 9.87. The van der Waals surface area contributed by atoms with Gasteiger partial charge in [0, 0.05) is 5.69 Å². The summed E-state index contributed by atoms with van der Waals surface area (Å²) < 4.78 is 0. The molecule has 1 aromatic heterocycles. The van der Waals surface area contributed by atoms with Crippen LogP contribution in [0.2, 0.25) is 0 Å². The van der Waals surface area contributed by atoms with E-state index < -0.39 is 6.23 Å². The van der Waals surface area contributed by atoms with Crippen LogP contribution < -0.4 is 16.8 Å². The summed E-state index contributed by atoms with van der Waals surface area (Å²) in [7, 11) is 0. The van der Waals surface area contributed by atoms with E-state index in [0.717, 1.165) is 35.5 Å². The molecule has 0 radical (unpaired) electrons. The first-order valence-electron chi connectivity index (χ1n) is 8.40. The lowest BCUT2D eigenvalue weighted by molar-refractivity contribution is 0.181. The Bertz CT molecular complexity index is 687. The summed E-state index contributed by atoms with van der Waals surface area (Å²) in [6.45, 7) is 6.72. The van der Waals surface area contributed by atoms with Crippen LogP contribution in [0.3, 0.4) is 0 Å². The van der Waals surface area contributed by atoms with Crippen LogP contribution in [0.1, 0.15) is 55.6 Å². The molecule has 6 heteroatoms. The predicted octanol–water partition coefficient (Wildman–Crippen LogP) is 2.36. The number of nitrogens with one attached hydrogen (secondary N) is 1. The molecule has 0 saturated heterocycles. The number of hydrogen-bond acceptors (Lipinski definition) is 6. The SMILES string of the molecule is CCc1nc(Nc2cccc([C@@H](C)CN)c2)c(C(N)O)nc1CC. The Morgan fingerprint density at radius 1 is 1.17 bits per heavy atom. The highest BCUT2D eigenvalue weighted by Crippen LogP contribution is 2.25. The van der Waals surface area contributed by atoms with Gasteiger partial charge in [-0.3, -0.25) is 0 Å². The zero-order valence-electron chi connectivity index (χ0n) is 14.6. The van der Waals surface area contributed by atoms with Crippen molar-refractivity contribution in [3.63, 3.8) is 0 Å². The van der Waals surface area contributed by atoms with Crippen LogP contribution in [-0.4, -0.2) is 21.6 Å². The van der Waals surface area contributed by atoms with Gasteiger partial charge < -0.3 is 21.9 Å². The summed E-state index contributed by atoms with van der Waals surface area (Å²) in [6, 6.07) is 7.99. The molecule has 0 aliphatic carbocycles. The molecule has 0 bridgehead atoms. The van der Waals surface area contributed by atoms with Crippen molar-refractivity contribution in [2.24, 2.45) is 11.5 Å². The first-order valence-corrected chi connectivity index (χ1v) is 8.40. The molecule has 0 amide bonds. The third kappa shape index (κ3) is 4.08. The number of nitrogens with two attached hydrogens (primary N) is 2.